The van der Waals surface area contributed by atoms with Crippen molar-refractivity contribution in [1.82, 2.24) is 9.88 Å². The van der Waals surface area contributed by atoms with E-state index in [1.807, 2.05) is 41.3 Å². The molecule has 1 unspecified atom stereocenters. The molecule has 5 nitrogen and oxygen atoms in total. The van der Waals surface area contributed by atoms with Gasteiger partial charge < -0.3 is 14.4 Å². The second-order valence-electron chi connectivity index (χ2n) is 7.85. The van der Waals surface area contributed by atoms with E-state index in [1.165, 1.54) is 6.42 Å². The number of piperidine rings is 1. The Labute approximate surface area is 180 Å². The molecule has 0 bridgehead atoms. The monoisotopic (exact) mass is 422 g/mol. The number of rotatable bonds is 3. The first kappa shape index (κ1) is 19.2. The van der Waals surface area contributed by atoms with E-state index in [0.29, 0.717) is 17.2 Å². The van der Waals surface area contributed by atoms with E-state index < -0.39 is 6.10 Å². The predicted octanol–water partition coefficient (Wildman–Crippen LogP) is 4.88. The second kappa shape index (κ2) is 7.80. The Morgan fingerprint density at radius 1 is 1.17 bits per heavy atom. The van der Waals surface area contributed by atoms with Crippen molar-refractivity contribution in [3.63, 3.8) is 0 Å². The molecule has 2 aromatic carbocycles. The van der Waals surface area contributed by atoms with Gasteiger partial charge in [-0.2, -0.15) is 0 Å². The van der Waals surface area contributed by atoms with Crippen molar-refractivity contribution in [3.8, 4) is 22.6 Å². The summed E-state index contributed by atoms with van der Waals surface area (Å²) >= 11 is 6.47. The number of fused-ring (bicyclic) bond motifs is 2. The van der Waals surface area contributed by atoms with Crippen LogP contribution in [0.15, 0.2) is 42.6 Å². The van der Waals surface area contributed by atoms with E-state index in [-0.39, 0.29) is 5.91 Å². The minimum absolute atomic E-state index is 0.0780. The maximum Gasteiger partial charge on any atom is 0.263 e. The van der Waals surface area contributed by atoms with Crippen LogP contribution in [0.1, 0.15) is 24.8 Å². The molecule has 3 aromatic rings. The van der Waals surface area contributed by atoms with E-state index in [4.69, 9.17) is 21.1 Å². The normalized spacial score (nSPS) is 18.2. The van der Waals surface area contributed by atoms with Crippen LogP contribution in [0.4, 0.5) is 0 Å². The van der Waals surface area contributed by atoms with Crippen LogP contribution in [0.5, 0.6) is 11.5 Å². The Morgan fingerprint density at radius 3 is 2.80 bits per heavy atom. The summed E-state index contributed by atoms with van der Waals surface area (Å²) in [6.07, 6.45) is 5.13. The van der Waals surface area contributed by atoms with Gasteiger partial charge in [0.2, 0.25) is 0 Å². The molecule has 3 heterocycles. The van der Waals surface area contributed by atoms with Crippen LogP contribution in [0, 0.1) is 0 Å². The average molecular weight is 423 g/mol. The van der Waals surface area contributed by atoms with Gasteiger partial charge in [-0.05, 0) is 49.1 Å². The molecule has 154 valence electrons. The van der Waals surface area contributed by atoms with Gasteiger partial charge >= 0.3 is 0 Å². The molecule has 2 aliphatic heterocycles. The summed E-state index contributed by atoms with van der Waals surface area (Å²) in [4.78, 5) is 19.5. The minimum Gasteiger partial charge on any atom is -0.494 e. The number of nitrogens with zero attached hydrogens (tertiary/aromatic N) is 2. The first-order valence-electron chi connectivity index (χ1n) is 10.4. The molecule has 1 amide bonds. The number of aromatic nitrogens is 1. The maximum absolute atomic E-state index is 13.0. The van der Waals surface area contributed by atoms with Crippen molar-refractivity contribution >= 4 is 28.4 Å². The molecule has 6 heteroatoms. The number of hydrogen-bond donors (Lipinski definition) is 0. The molecular weight excluding hydrogens is 400 g/mol. The fraction of sp³-hybridized carbons (Fsp3) is 0.333. The SMILES string of the molecule is COc1cccc2c(-c3cc(Cl)cc4c3OC(C(=O)N3CCCCC3)C4)ccnc12. The molecule has 30 heavy (non-hydrogen) atoms. The molecule has 0 aliphatic carbocycles. The number of carbonyl (C=O) groups excluding carboxylic acids is 1. The molecule has 1 aromatic heterocycles. The number of carbonyl (C=O) groups is 1. The van der Waals surface area contributed by atoms with Gasteiger partial charge in [0.1, 0.15) is 17.0 Å². The number of hydrogen-bond acceptors (Lipinski definition) is 4. The molecular formula is C24H23ClN2O3. The van der Waals surface area contributed by atoms with Gasteiger partial charge in [0.15, 0.2) is 6.10 Å². The van der Waals surface area contributed by atoms with E-state index in [9.17, 15) is 4.79 Å². The molecule has 2 aliphatic rings. The zero-order chi connectivity index (χ0) is 20.7. The number of methoxy groups -OCH3 is 1. The summed E-state index contributed by atoms with van der Waals surface area (Å²) in [7, 11) is 1.64. The molecule has 0 N–H and O–H groups in total. The van der Waals surface area contributed by atoms with Crippen LogP contribution >= 0.6 is 11.6 Å². The van der Waals surface area contributed by atoms with Gasteiger partial charge in [-0.25, -0.2) is 0 Å². The summed E-state index contributed by atoms with van der Waals surface area (Å²) < 4.78 is 11.7. The third kappa shape index (κ3) is 3.27. The summed E-state index contributed by atoms with van der Waals surface area (Å²) in [6, 6.07) is 11.6. The first-order chi connectivity index (χ1) is 14.7. The minimum atomic E-state index is -0.488. The summed E-state index contributed by atoms with van der Waals surface area (Å²) in [6.45, 7) is 1.63. The third-order valence-electron chi connectivity index (χ3n) is 5.98. The number of halogens is 1. The van der Waals surface area contributed by atoms with E-state index in [1.54, 1.807) is 13.3 Å². The fourth-order valence-electron chi connectivity index (χ4n) is 4.53. The van der Waals surface area contributed by atoms with Gasteiger partial charge in [-0.3, -0.25) is 9.78 Å². The smallest absolute Gasteiger partial charge is 0.263 e. The van der Waals surface area contributed by atoms with Gasteiger partial charge in [0.25, 0.3) is 5.91 Å². The van der Waals surface area contributed by atoms with Crippen molar-refractivity contribution in [2.75, 3.05) is 20.2 Å². The predicted molar refractivity (Wildman–Crippen MR) is 117 cm³/mol. The van der Waals surface area contributed by atoms with Crippen molar-refractivity contribution in [2.45, 2.75) is 31.8 Å². The van der Waals surface area contributed by atoms with E-state index >= 15 is 0 Å². The lowest BCUT2D eigenvalue weighted by Gasteiger charge is -2.28. The molecule has 1 saturated heterocycles. The summed E-state index contributed by atoms with van der Waals surface area (Å²) in [5, 5.41) is 1.59. The van der Waals surface area contributed by atoms with Crippen molar-refractivity contribution in [2.24, 2.45) is 0 Å². The second-order valence-corrected chi connectivity index (χ2v) is 8.29. The zero-order valence-electron chi connectivity index (χ0n) is 16.9. The lowest BCUT2D eigenvalue weighted by Crippen LogP contribution is -2.43. The van der Waals surface area contributed by atoms with Gasteiger partial charge in [-0.15, -0.1) is 0 Å². The number of amides is 1. The van der Waals surface area contributed by atoms with Crippen LogP contribution < -0.4 is 9.47 Å². The topological polar surface area (TPSA) is 51.7 Å². The number of likely N-dealkylation sites (tertiary alicyclic amines) is 1. The highest BCUT2D eigenvalue weighted by atomic mass is 35.5. The third-order valence-corrected chi connectivity index (χ3v) is 6.20. The quantitative estimate of drug-likeness (QED) is 0.603. The Morgan fingerprint density at radius 2 is 2.00 bits per heavy atom. The van der Waals surface area contributed by atoms with Crippen LogP contribution in [0.3, 0.4) is 0 Å². The van der Waals surface area contributed by atoms with Crippen LogP contribution in [-0.2, 0) is 11.2 Å². The molecule has 0 radical (unpaired) electrons. The lowest BCUT2D eigenvalue weighted by atomic mass is 9.97. The number of pyridine rings is 1. The van der Waals surface area contributed by atoms with E-state index in [2.05, 4.69) is 4.98 Å². The average Bonchev–Trinajstić information content (AvgIpc) is 3.21. The highest BCUT2D eigenvalue weighted by Crippen LogP contribution is 2.44. The molecule has 1 atom stereocenters. The maximum atomic E-state index is 13.0. The fourth-order valence-corrected chi connectivity index (χ4v) is 4.77. The van der Waals surface area contributed by atoms with Gasteiger partial charge in [-0.1, -0.05) is 23.7 Å². The number of para-hydroxylation sites is 1. The van der Waals surface area contributed by atoms with Crippen LogP contribution in [0.25, 0.3) is 22.0 Å². The number of benzene rings is 2. The van der Waals surface area contributed by atoms with Crippen molar-refractivity contribution in [1.29, 1.82) is 0 Å². The Hall–Kier alpha value is -2.79. The van der Waals surface area contributed by atoms with Crippen molar-refractivity contribution in [3.05, 3.63) is 53.2 Å². The lowest BCUT2D eigenvalue weighted by molar-refractivity contribution is -0.138. The summed E-state index contributed by atoms with van der Waals surface area (Å²) in [5.74, 6) is 1.53. The van der Waals surface area contributed by atoms with E-state index in [0.717, 1.165) is 59.3 Å². The Balaban J connectivity index is 1.56. The molecule has 0 saturated carbocycles. The molecule has 0 spiro atoms. The number of ether oxygens (including phenoxy) is 2. The summed E-state index contributed by atoms with van der Waals surface area (Å²) in [5.41, 5.74) is 3.60. The Kier molecular flexibility index (Phi) is 4.99. The standard InChI is InChI=1S/C24H23ClN2O3/c1-29-20-7-5-6-18-17(8-9-26-22(18)20)19-14-16(25)12-15-13-21(30-23(15)19)24(28)27-10-3-2-4-11-27/h5-9,12,14,21H,2-4,10-11,13H2,1H3. The van der Waals surface area contributed by atoms with Gasteiger partial charge in [0, 0.05) is 47.2 Å². The molecule has 1 fully saturated rings. The Bertz CT molecular complexity index is 1120. The largest absolute Gasteiger partial charge is 0.494 e. The highest BCUT2D eigenvalue weighted by molar-refractivity contribution is 6.31. The van der Waals surface area contributed by atoms with Crippen LogP contribution in [0.2, 0.25) is 5.02 Å². The van der Waals surface area contributed by atoms with Crippen LogP contribution in [-0.4, -0.2) is 42.1 Å². The zero-order valence-corrected chi connectivity index (χ0v) is 17.6. The van der Waals surface area contributed by atoms with Gasteiger partial charge in [0.05, 0.1) is 7.11 Å². The first-order valence-corrected chi connectivity index (χ1v) is 10.7. The molecule has 5 rings (SSSR count). The highest BCUT2D eigenvalue weighted by Gasteiger charge is 2.35. The van der Waals surface area contributed by atoms with Crippen molar-refractivity contribution < 1.29 is 14.3 Å².